The van der Waals surface area contributed by atoms with Crippen LogP contribution in [0.1, 0.15) is 25.3 Å². The summed E-state index contributed by atoms with van der Waals surface area (Å²) in [7, 11) is 0. The molecular weight excluding hydrogens is 176 g/mol. The number of pyridine rings is 1. The molecule has 76 valence electrons. The maximum atomic E-state index is 11.1. The maximum absolute atomic E-state index is 11.1. The van der Waals surface area contributed by atoms with Gasteiger partial charge in [-0.15, -0.1) is 0 Å². The van der Waals surface area contributed by atoms with E-state index in [2.05, 4.69) is 10.3 Å². The van der Waals surface area contributed by atoms with Crippen molar-refractivity contribution in [2.24, 2.45) is 0 Å². The first-order valence-corrected chi connectivity index (χ1v) is 4.98. The number of aromatic nitrogens is 1. The van der Waals surface area contributed by atoms with Gasteiger partial charge in [-0.1, -0.05) is 6.92 Å². The summed E-state index contributed by atoms with van der Waals surface area (Å²) in [5.41, 5.74) is 1.21. The molecule has 0 spiro atoms. The molecule has 0 saturated heterocycles. The van der Waals surface area contributed by atoms with Crippen LogP contribution >= 0.6 is 0 Å². The summed E-state index contributed by atoms with van der Waals surface area (Å²) in [5, 5.41) is 2.87. The summed E-state index contributed by atoms with van der Waals surface area (Å²) < 4.78 is 0. The Balaban J connectivity index is 2.19. The summed E-state index contributed by atoms with van der Waals surface area (Å²) in [4.78, 5) is 15.0. The largest absolute Gasteiger partial charge is 0.356 e. The highest BCUT2D eigenvalue weighted by Gasteiger charge is 1.97. The van der Waals surface area contributed by atoms with E-state index in [9.17, 15) is 4.79 Å². The average Bonchev–Trinajstić information content (AvgIpc) is 2.20. The molecule has 1 aromatic rings. The zero-order chi connectivity index (χ0) is 10.2. The van der Waals surface area contributed by atoms with Crippen molar-refractivity contribution in [2.45, 2.75) is 26.2 Å². The van der Waals surface area contributed by atoms with E-state index in [1.807, 2.05) is 19.1 Å². The van der Waals surface area contributed by atoms with Crippen molar-refractivity contribution in [1.29, 1.82) is 0 Å². The van der Waals surface area contributed by atoms with Gasteiger partial charge in [-0.05, 0) is 30.5 Å². The van der Waals surface area contributed by atoms with Crippen molar-refractivity contribution in [3.05, 3.63) is 30.1 Å². The highest BCUT2D eigenvalue weighted by atomic mass is 16.1. The SMILES string of the molecule is CCCC(=O)NCCc1ccncc1. The molecule has 0 aliphatic heterocycles. The maximum Gasteiger partial charge on any atom is 0.219 e. The van der Waals surface area contributed by atoms with Crippen LogP contribution in [0.15, 0.2) is 24.5 Å². The van der Waals surface area contributed by atoms with Crippen LogP contribution in [0.3, 0.4) is 0 Å². The third kappa shape index (κ3) is 4.03. The molecule has 0 bridgehead atoms. The third-order valence-corrected chi connectivity index (χ3v) is 1.96. The van der Waals surface area contributed by atoms with Gasteiger partial charge in [0.15, 0.2) is 0 Å². The van der Waals surface area contributed by atoms with Crippen LogP contribution in [-0.2, 0) is 11.2 Å². The topological polar surface area (TPSA) is 42.0 Å². The molecule has 0 radical (unpaired) electrons. The molecule has 1 N–H and O–H groups in total. The summed E-state index contributed by atoms with van der Waals surface area (Å²) >= 11 is 0. The molecule has 1 aromatic heterocycles. The van der Waals surface area contributed by atoms with Crippen LogP contribution in [-0.4, -0.2) is 17.4 Å². The number of hydrogen-bond donors (Lipinski definition) is 1. The highest BCUT2D eigenvalue weighted by molar-refractivity contribution is 5.75. The fourth-order valence-electron chi connectivity index (χ4n) is 1.21. The number of rotatable bonds is 5. The molecule has 1 heterocycles. The first kappa shape index (κ1) is 10.7. The second-order valence-electron chi connectivity index (χ2n) is 3.21. The fourth-order valence-corrected chi connectivity index (χ4v) is 1.21. The first-order valence-electron chi connectivity index (χ1n) is 4.98. The molecule has 0 saturated carbocycles. The zero-order valence-corrected chi connectivity index (χ0v) is 8.49. The Hall–Kier alpha value is -1.38. The molecule has 0 fully saturated rings. The van der Waals surface area contributed by atoms with E-state index in [0.717, 1.165) is 12.8 Å². The highest BCUT2D eigenvalue weighted by Crippen LogP contribution is 1.96. The summed E-state index contributed by atoms with van der Waals surface area (Å²) in [5.74, 6) is 0.140. The van der Waals surface area contributed by atoms with Gasteiger partial charge in [0.05, 0.1) is 0 Å². The molecule has 0 aliphatic rings. The smallest absolute Gasteiger partial charge is 0.219 e. The van der Waals surface area contributed by atoms with Gasteiger partial charge >= 0.3 is 0 Å². The van der Waals surface area contributed by atoms with Gasteiger partial charge < -0.3 is 5.32 Å². The van der Waals surface area contributed by atoms with Gasteiger partial charge in [-0.25, -0.2) is 0 Å². The Labute approximate surface area is 84.6 Å². The molecule has 0 atom stereocenters. The van der Waals surface area contributed by atoms with Crippen LogP contribution in [0, 0.1) is 0 Å². The van der Waals surface area contributed by atoms with Crippen LogP contribution in [0.5, 0.6) is 0 Å². The van der Waals surface area contributed by atoms with Crippen molar-refractivity contribution in [1.82, 2.24) is 10.3 Å². The Morgan fingerprint density at radius 2 is 2.14 bits per heavy atom. The van der Waals surface area contributed by atoms with Gasteiger partial charge in [-0.2, -0.15) is 0 Å². The monoisotopic (exact) mass is 192 g/mol. The molecule has 0 unspecified atom stereocenters. The van der Waals surface area contributed by atoms with E-state index in [1.165, 1.54) is 5.56 Å². The number of carbonyl (C=O) groups is 1. The second-order valence-corrected chi connectivity index (χ2v) is 3.21. The molecule has 3 nitrogen and oxygen atoms in total. The Morgan fingerprint density at radius 1 is 1.43 bits per heavy atom. The summed E-state index contributed by atoms with van der Waals surface area (Å²) in [6, 6.07) is 3.93. The third-order valence-electron chi connectivity index (χ3n) is 1.96. The molecule has 14 heavy (non-hydrogen) atoms. The van der Waals surface area contributed by atoms with Crippen molar-refractivity contribution >= 4 is 5.91 Å². The quantitative estimate of drug-likeness (QED) is 0.769. The van der Waals surface area contributed by atoms with Crippen molar-refractivity contribution < 1.29 is 4.79 Å². The summed E-state index contributed by atoms with van der Waals surface area (Å²) in [6.45, 7) is 2.71. The van der Waals surface area contributed by atoms with E-state index in [1.54, 1.807) is 12.4 Å². The second kappa shape index (κ2) is 6.13. The van der Waals surface area contributed by atoms with Gasteiger partial charge in [0.25, 0.3) is 0 Å². The van der Waals surface area contributed by atoms with E-state index in [0.29, 0.717) is 13.0 Å². The lowest BCUT2D eigenvalue weighted by Crippen LogP contribution is -2.25. The minimum absolute atomic E-state index is 0.140. The Kier molecular flexibility index (Phi) is 4.69. The number of carbonyl (C=O) groups excluding carboxylic acids is 1. The molecule has 1 amide bonds. The van der Waals surface area contributed by atoms with Crippen molar-refractivity contribution in [2.75, 3.05) is 6.54 Å². The molecule has 3 heteroatoms. The van der Waals surface area contributed by atoms with Crippen LogP contribution in [0.25, 0.3) is 0 Å². The lowest BCUT2D eigenvalue weighted by Gasteiger charge is -2.03. The minimum Gasteiger partial charge on any atom is -0.356 e. The zero-order valence-electron chi connectivity index (χ0n) is 8.49. The van der Waals surface area contributed by atoms with Gasteiger partial charge in [0, 0.05) is 25.4 Å². The van der Waals surface area contributed by atoms with Gasteiger partial charge in [-0.3, -0.25) is 9.78 Å². The van der Waals surface area contributed by atoms with Gasteiger partial charge in [0.1, 0.15) is 0 Å². The number of nitrogens with one attached hydrogen (secondary N) is 1. The van der Waals surface area contributed by atoms with E-state index in [-0.39, 0.29) is 5.91 Å². The average molecular weight is 192 g/mol. The molecule has 0 aromatic carbocycles. The normalized spacial score (nSPS) is 9.79. The molecular formula is C11H16N2O. The Bertz CT molecular complexity index is 272. The van der Waals surface area contributed by atoms with Crippen LogP contribution in [0.2, 0.25) is 0 Å². The predicted octanol–water partition coefficient (Wildman–Crippen LogP) is 1.54. The first-order chi connectivity index (χ1) is 6.83. The molecule has 0 aliphatic carbocycles. The van der Waals surface area contributed by atoms with Gasteiger partial charge in [0.2, 0.25) is 5.91 Å². The minimum atomic E-state index is 0.140. The Morgan fingerprint density at radius 3 is 2.79 bits per heavy atom. The lowest BCUT2D eigenvalue weighted by molar-refractivity contribution is -0.121. The fraction of sp³-hybridized carbons (Fsp3) is 0.455. The van der Waals surface area contributed by atoms with E-state index >= 15 is 0 Å². The number of amides is 1. The predicted molar refractivity (Wildman–Crippen MR) is 55.9 cm³/mol. The van der Waals surface area contributed by atoms with E-state index in [4.69, 9.17) is 0 Å². The number of nitrogens with zero attached hydrogens (tertiary/aromatic N) is 1. The van der Waals surface area contributed by atoms with Crippen molar-refractivity contribution in [3.8, 4) is 0 Å². The number of hydrogen-bond acceptors (Lipinski definition) is 2. The lowest BCUT2D eigenvalue weighted by atomic mass is 10.2. The van der Waals surface area contributed by atoms with Crippen molar-refractivity contribution in [3.63, 3.8) is 0 Å². The molecule has 1 rings (SSSR count). The standard InChI is InChI=1S/C11H16N2O/c1-2-3-11(14)13-9-6-10-4-7-12-8-5-10/h4-5,7-8H,2-3,6,9H2,1H3,(H,13,14). The van der Waals surface area contributed by atoms with E-state index < -0.39 is 0 Å². The summed E-state index contributed by atoms with van der Waals surface area (Å²) in [6.07, 6.45) is 5.93. The van der Waals surface area contributed by atoms with Crippen LogP contribution in [0.4, 0.5) is 0 Å². The van der Waals surface area contributed by atoms with Crippen LogP contribution < -0.4 is 5.32 Å².